The third kappa shape index (κ3) is 6.37. The zero-order chi connectivity index (χ0) is 9.61. The summed E-state index contributed by atoms with van der Waals surface area (Å²) in [7, 11) is -2.90. The summed E-state index contributed by atoms with van der Waals surface area (Å²) in [5.41, 5.74) is 0. The fourth-order valence-corrected chi connectivity index (χ4v) is 1.77. The maximum Gasteiger partial charge on any atom is 0.149 e. The lowest BCUT2D eigenvalue weighted by atomic mass is 10.3. The smallest absolute Gasteiger partial charge is 0.149 e. The predicted molar refractivity (Wildman–Crippen MR) is 52.0 cm³/mol. The molecule has 3 nitrogen and oxygen atoms in total. The third-order valence-corrected chi connectivity index (χ3v) is 2.39. The first-order chi connectivity index (χ1) is 5.49. The van der Waals surface area contributed by atoms with Crippen LogP contribution in [0.25, 0.3) is 0 Å². The highest BCUT2D eigenvalue weighted by molar-refractivity contribution is 7.90. The summed E-state index contributed by atoms with van der Waals surface area (Å²) in [6, 6.07) is -0.111. The molecule has 0 bridgehead atoms. The highest BCUT2D eigenvalue weighted by Crippen LogP contribution is 1.92. The van der Waals surface area contributed by atoms with Gasteiger partial charge in [0.05, 0.1) is 5.75 Å². The van der Waals surface area contributed by atoms with E-state index < -0.39 is 9.84 Å². The summed E-state index contributed by atoms with van der Waals surface area (Å²) in [6.45, 7) is 6.43. The lowest BCUT2D eigenvalue weighted by molar-refractivity contribution is 0.578. The SMILES string of the molecule is C=CC(CS(C)(=O)=O)NCCC. The molecule has 72 valence electrons. The molecule has 0 saturated heterocycles. The van der Waals surface area contributed by atoms with Crippen LogP contribution in [0.5, 0.6) is 0 Å². The van der Waals surface area contributed by atoms with Crippen LogP contribution in [0.15, 0.2) is 12.7 Å². The van der Waals surface area contributed by atoms with E-state index in [4.69, 9.17) is 0 Å². The first-order valence-corrected chi connectivity index (χ1v) is 6.09. The van der Waals surface area contributed by atoms with Gasteiger partial charge in [0.2, 0.25) is 0 Å². The molecule has 0 aromatic carbocycles. The lowest BCUT2D eigenvalue weighted by Crippen LogP contribution is -2.33. The average molecular weight is 191 g/mol. The van der Waals surface area contributed by atoms with Gasteiger partial charge in [0.15, 0.2) is 0 Å². The van der Waals surface area contributed by atoms with Crippen molar-refractivity contribution in [3.63, 3.8) is 0 Å². The summed E-state index contributed by atoms with van der Waals surface area (Å²) in [4.78, 5) is 0. The van der Waals surface area contributed by atoms with Gasteiger partial charge in [0.25, 0.3) is 0 Å². The highest BCUT2D eigenvalue weighted by Gasteiger charge is 2.10. The fraction of sp³-hybridized carbons (Fsp3) is 0.750. The molecule has 0 aromatic heterocycles. The normalized spacial score (nSPS) is 14.2. The van der Waals surface area contributed by atoms with E-state index in [-0.39, 0.29) is 11.8 Å². The Labute approximate surface area is 74.8 Å². The maximum atomic E-state index is 10.9. The van der Waals surface area contributed by atoms with E-state index >= 15 is 0 Å². The van der Waals surface area contributed by atoms with Crippen molar-refractivity contribution in [2.45, 2.75) is 19.4 Å². The Morgan fingerprint density at radius 3 is 2.50 bits per heavy atom. The van der Waals surface area contributed by atoms with Crippen LogP contribution in [0, 0.1) is 0 Å². The van der Waals surface area contributed by atoms with Crippen molar-refractivity contribution in [3.05, 3.63) is 12.7 Å². The molecule has 0 fully saturated rings. The van der Waals surface area contributed by atoms with Crippen LogP contribution in [-0.2, 0) is 9.84 Å². The molecule has 0 aromatic rings. The van der Waals surface area contributed by atoms with E-state index in [0.717, 1.165) is 13.0 Å². The van der Waals surface area contributed by atoms with Gasteiger partial charge in [-0.15, -0.1) is 6.58 Å². The Morgan fingerprint density at radius 2 is 2.17 bits per heavy atom. The Balaban J connectivity index is 3.92. The van der Waals surface area contributed by atoms with Crippen LogP contribution in [-0.4, -0.2) is 33.0 Å². The number of rotatable bonds is 6. The van der Waals surface area contributed by atoms with Gasteiger partial charge in [-0.2, -0.15) is 0 Å². The zero-order valence-electron chi connectivity index (χ0n) is 7.71. The molecule has 1 N–H and O–H groups in total. The van der Waals surface area contributed by atoms with E-state index in [9.17, 15) is 8.42 Å². The maximum absolute atomic E-state index is 10.9. The van der Waals surface area contributed by atoms with Crippen LogP contribution in [0.2, 0.25) is 0 Å². The minimum Gasteiger partial charge on any atom is -0.310 e. The molecule has 0 amide bonds. The second-order valence-corrected chi connectivity index (χ2v) is 5.07. The van der Waals surface area contributed by atoms with E-state index in [1.54, 1.807) is 6.08 Å². The molecule has 0 heterocycles. The number of hydrogen-bond donors (Lipinski definition) is 1. The van der Waals surface area contributed by atoms with Crippen molar-refractivity contribution in [2.75, 3.05) is 18.6 Å². The molecule has 12 heavy (non-hydrogen) atoms. The van der Waals surface area contributed by atoms with Crippen LogP contribution >= 0.6 is 0 Å². The topological polar surface area (TPSA) is 46.2 Å². The van der Waals surface area contributed by atoms with Crippen LogP contribution in [0.3, 0.4) is 0 Å². The van der Waals surface area contributed by atoms with Gasteiger partial charge in [-0.05, 0) is 13.0 Å². The van der Waals surface area contributed by atoms with Gasteiger partial charge in [0.1, 0.15) is 9.84 Å². The van der Waals surface area contributed by atoms with Crippen molar-refractivity contribution in [3.8, 4) is 0 Å². The van der Waals surface area contributed by atoms with E-state index in [2.05, 4.69) is 11.9 Å². The highest BCUT2D eigenvalue weighted by atomic mass is 32.2. The van der Waals surface area contributed by atoms with Gasteiger partial charge in [-0.25, -0.2) is 8.42 Å². The fourth-order valence-electron chi connectivity index (χ4n) is 0.866. The molecule has 0 spiro atoms. The summed E-state index contributed by atoms with van der Waals surface area (Å²) in [5, 5.41) is 3.08. The predicted octanol–water partition coefficient (Wildman–Crippen LogP) is 0.585. The monoisotopic (exact) mass is 191 g/mol. The number of nitrogens with one attached hydrogen (secondary N) is 1. The standard InChI is InChI=1S/C8H17NO2S/c1-4-6-9-8(5-2)7-12(3,10)11/h5,8-9H,2,4,6-7H2,1,3H3. The Kier molecular flexibility index (Phi) is 5.17. The molecule has 1 unspecified atom stereocenters. The molecule has 0 saturated carbocycles. The average Bonchev–Trinajstić information content (AvgIpc) is 1.95. The minimum atomic E-state index is -2.90. The summed E-state index contributed by atoms with van der Waals surface area (Å²) >= 11 is 0. The van der Waals surface area contributed by atoms with E-state index in [0.29, 0.717) is 0 Å². The van der Waals surface area contributed by atoms with E-state index in [1.807, 2.05) is 6.92 Å². The first-order valence-electron chi connectivity index (χ1n) is 4.03. The molecule has 0 aliphatic heterocycles. The van der Waals surface area contributed by atoms with Crippen molar-refractivity contribution in [1.29, 1.82) is 0 Å². The molecule has 0 aliphatic rings. The van der Waals surface area contributed by atoms with Gasteiger partial charge in [0, 0.05) is 12.3 Å². The van der Waals surface area contributed by atoms with Gasteiger partial charge in [-0.3, -0.25) is 0 Å². The quantitative estimate of drug-likeness (QED) is 0.625. The Hall–Kier alpha value is -0.350. The third-order valence-electron chi connectivity index (χ3n) is 1.42. The second kappa shape index (κ2) is 5.32. The molecule has 0 radical (unpaired) electrons. The van der Waals surface area contributed by atoms with Crippen LogP contribution < -0.4 is 5.32 Å². The van der Waals surface area contributed by atoms with E-state index in [1.165, 1.54) is 6.26 Å². The minimum absolute atomic E-state index is 0.111. The van der Waals surface area contributed by atoms with Crippen molar-refractivity contribution >= 4 is 9.84 Å². The van der Waals surface area contributed by atoms with Crippen LogP contribution in [0.1, 0.15) is 13.3 Å². The number of hydrogen-bond acceptors (Lipinski definition) is 3. The van der Waals surface area contributed by atoms with Gasteiger partial charge >= 0.3 is 0 Å². The largest absolute Gasteiger partial charge is 0.310 e. The summed E-state index contributed by atoms with van der Waals surface area (Å²) in [6.07, 6.45) is 3.86. The lowest BCUT2D eigenvalue weighted by Gasteiger charge is -2.12. The summed E-state index contributed by atoms with van der Waals surface area (Å²) < 4.78 is 21.8. The second-order valence-electron chi connectivity index (χ2n) is 2.89. The zero-order valence-corrected chi connectivity index (χ0v) is 8.52. The van der Waals surface area contributed by atoms with Gasteiger partial charge in [-0.1, -0.05) is 13.0 Å². The van der Waals surface area contributed by atoms with Crippen molar-refractivity contribution in [2.24, 2.45) is 0 Å². The Bertz CT molecular complexity index is 221. The molecule has 0 rings (SSSR count). The molecule has 4 heteroatoms. The van der Waals surface area contributed by atoms with Gasteiger partial charge < -0.3 is 5.32 Å². The van der Waals surface area contributed by atoms with Crippen LogP contribution in [0.4, 0.5) is 0 Å². The van der Waals surface area contributed by atoms with Crippen molar-refractivity contribution < 1.29 is 8.42 Å². The summed E-state index contributed by atoms with van der Waals surface area (Å²) in [5.74, 6) is 0.135. The molecular formula is C8H17NO2S. The molecular weight excluding hydrogens is 174 g/mol. The van der Waals surface area contributed by atoms with Crippen molar-refractivity contribution in [1.82, 2.24) is 5.32 Å². The Morgan fingerprint density at radius 1 is 1.58 bits per heavy atom. The first kappa shape index (κ1) is 11.6. The molecule has 0 aliphatic carbocycles. The molecule has 1 atom stereocenters. The number of sulfone groups is 1.